The number of nitrogens with zero attached hydrogens (tertiary/aromatic N) is 4. The molecule has 0 saturated carbocycles. The fourth-order valence-electron chi connectivity index (χ4n) is 9.02. The summed E-state index contributed by atoms with van der Waals surface area (Å²) in [6.45, 7) is 4.68. The molecule has 0 fully saturated rings. The van der Waals surface area contributed by atoms with E-state index in [2.05, 4.69) is 170 Å². The Kier molecular flexibility index (Phi) is 6.51. The molecule has 7 aromatic carbocycles. The minimum atomic E-state index is -0.391. The number of rotatable bonds is 3. The maximum Gasteiger partial charge on any atom is 0.234 e. The molecule has 0 spiro atoms. The molecule has 0 radical (unpaired) electrons. The van der Waals surface area contributed by atoms with Gasteiger partial charge in [-0.1, -0.05) is 135 Å². The van der Waals surface area contributed by atoms with E-state index in [1.807, 2.05) is 18.2 Å². The molecule has 0 bridgehead atoms. The highest BCUT2D eigenvalue weighted by Gasteiger charge is 2.37. The van der Waals surface area contributed by atoms with Gasteiger partial charge in [-0.3, -0.25) is 4.57 Å². The average molecular weight is 697 g/mol. The van der Waals surface area contributed by atoms with Crippen molar-refractivity contribution in [3.05, 3.63) is 180 Å². The fourth-order valence-corrected chi connectivity index (χ4v) is 9.02. The van der Waals surface area contributed by atoms with Crippen LogP contribution in [-0.2, 0) is 5.41 Å². The monoisotopic (exact) mass is 696 g/mol. The van der Waals surface area contributed by atoms with Crippen LogP contribution in [0.5, 0.6) is 0 Å². The molecule has 0 N–H and O–H groups in total. The second-order valence-corrected chi connectivity index (χ2v) is 15.1. The summed E-state index contributed by atoms with van der Waals surface area (Å²) in [5, 5.41) is 4.61. The van der Waals surface area contributed by atoms with Crippen LogP contribution in [0.4, 0.5) is 0 Å². The zero-order valence-electron chi connectivity index (χ0n) is 30.3. The van der Waals surface area contributed by atoms with Gasteiger partial charge in [-0.05, 0) is 69.8 Å². The number of fused-ring (bicyclic) bond motifs is 9. The SMILES string of the molecule is CN1C(c2ccccc2)=NC(n2c3ccccc3c3cc4c(cc32)-c2ccccc2C4(C)C)=NC1c1cc(-c2ccccc2)c2c(c1)oc1ccccc12. The van der Waals surface area contributed by atoms with Crippen molar-refractivity contribution in [3.8, 4) is 22.3 Å². The van der Waals surface area contributed by atoms with Crippen molar-refractivity contribution in [2.24, 2.45) is 9.98 Å². The standard InChI is InChI=1S/C49H36N4O/c1-49(2)39-23-13-10-20-33(39)37-29-42-38(28-40(37)49)34-21-11-14-24-41(34)53(42)48-50-46(31-18-8-5-9-19-31)52(3)47(51-48)32-26-36(30-16-6-4-7-17-30)45-35-22-12-15-25-43(35)54-44(45)27-32/h4-29,47H,1-3H3. The van der Waals surface area contributed by atoms with Gasteiger partial charge in [0.15, 0.2) is 6.17 Å². The number of benzene rings is 7. The van der Waals surface area contributed by atoms with Gasteiger partial charge < -0.3 is 9.32 Å². The van der Waals surface area contributed by atoms with E-state index in [4.69, 9.17) is 14.4 Å². The Morgan fingerprint density at radius 3 is 2.06 bits per heavy atom. The predicted molar refractivity (Wildman–Crippen MR) is 222 cm³/mol. The van der Waals surface area contributed by atoms with Gasteiger partial charge in [0.25, 0.3) is 0 Å². The molecule has 9 aromatic rings. The summed E-state index contributed by atoms with van der Waals surface area (Å²) < 4.78 is 8.87. The number of amidine groups is 1. The molecule has 2 aliphatic rings. The maximum atomic E-state index is 6.59. The van der Waals surface area contributed by atoms with E-state index in [0.717, 1.165) is 61.1 Å². The first-order valence-electron chi connectivity index (χ1n) is 18.6. The van der Waals surface area contributed by atoms with Crippen LogP contribution in [0.2, 0.25) is 0 Å². The van der Waals surface area contributed by atoms with Crippen molar-refractivity contribution in [1.82, 2.24) is 9.47 Å². The average Bonchev–Trinajstić information content (AvgIpc) is 3.83. The molecule has 3 heterocycles. The number of hydrogen-bond donors (Lipinski definition) is 0. The van der Waals surface area contributed by atoms with E-state index in [0.29, 0.717) is 5.96 Å². The van der Waals surface area contributed by atoms with Crippen molar-refractivity contribution >= 4 is 55.5 Å². The van der Waals surface area contributed by atoms with Crippen LogP contribution < -0.4 is 0 Å². The molecule has 5 nitrogen and oxygen atoms in total. The summed E-state index contributed by atoms with van der Waals surface area (Å²) in [7, 11) is 2.10. The van der Waals surface area contributed by atoms with E-state index in [1.165, 1.54) is 33.0 Å². The van der Waals surface area contributed by atoms with Gasteiger partial charge in [0, 0.05) is 45.1 Å². The molecule has 11 rings (SSSR count). The van der Waals surface area contributed by atoms with Gasteiger partial charge >= 0.3 is 0 Å². The van der Waals surface area contributed by atoms with E-state index in [1.54, 1.807) is 0 Å². The third-order valence-electron chi connectivity index (χ3n) is 11.6. The molecule has 258 valence electrons. The normalized spacial score (nSPS) is 16.2. The molecule has 1 unspecified atom stereocenters. The Bertz CT molecular complexity index is 3040. The summed E-state index contributed by atoms with van der Waals surface area (Å²) in [5.41, 5.74) is 13.4. The fraction of sp³-hybridized carbons (Fsp3) is 0.102. The summed E-state index contributed by atoms with van der Waals surface area (Å²) in [6.07, 6.45) is -0.391. The van der Waals surface area contributed by atoms with Crippen LogP contribution in [0.15, 0.2) is 172 Å². The lowest BCUT2D eigenvalue weighted by molar-refractivity contribution is 0.381. The third-order valence-corrected chi connectivity index (χ3v) is 11.6. The van der Waals surface area contributed by atoms with Crippen LogP contribution in [0, 0.1) is 0 Å². The van der Waals surface area contributed by atoms with Crippen molar-refractivity contribution < 1.29 is 4.42 Å². The number of para-hydroxylation sites is 2. The molecule has 54 heavy (non-hydrogen) atoms. The second-order valence-electron chi connectivity index (χ2n) is 15.1. The lowest BCUT2D eigenvalue weighted by Crippen LogP contribution is -2.36. The molecule has 0 saturated heterocycles. The third kappa shape index (κ3) is 4.39. The maximum absolute atomic E-state index is 6.59. The van der Waals surface area contributed by atoms with Crippen molar-refractivity contribution in [3.63, 3.8) is 0 Å². The lowest BCUT2D eigenvalue weighted by Gasteiger charge is -2.33. The van der Waals surface area contributed by atoms with E-state index in [9.17, 15) is 0 Å². The molecule has 5 heteroatoms. The zero-order chi connectivity index (χ0) is 36.1. The Morgan fingerprint density at radius 1 is 0.556 bits per heavy atom. The Balaban J connectivity index is 1.19. The molecule has 2 aromatic heterocycles. The molecule has 1 atom stereocenters. The minimum Gasteiger partial charge on any atom is -0.456 e. The van der Waals surface area contributed by atoms with Crippen molar-refractivity contribution in [2.75, 3.05) is 7.05 Å². The van der Waals surface area contributed by atoms with Gasteiger partial charge in [-0.25, -0.2) is 4.99 Å². The first kappa shape index (κ1) is 30.9. The van der Waals surface area contributed by atoms with E-state index in [-0.39, 0.29) is 5.41 Å². The zero-order valence-corrected chi connectivity index (χ0v) is 30.3. The van der Waals surface area contributed by atoms with E-state index < -0.39 is 6.17 Å². The van der Waals surface area contributed by atoms with Crippen LogP contribution >= 0.6 is 0 Å². The summed E-state index contributed by atoms with van der Waals surface area (Å²) >= 11 is 0. The molecule has 0 amide bonds. The lowest BCUT2D eigenvalue weighted by atomic mass is 9.82. The van der Waals surface area contributed by atoms with E-state index >= 15 is 0 Å². The number of aliphatic imine (C=N–C) groups is 2. The Morgan fingerprint density at radius 2 is 1.24 bits per heavy atom. The quantitative estimate of drug-likeness (QED) is 0.185. The molecule has 1 aliphatic carbocycles. The number of aromatic nitrogens is 1. The van der Waals surface area contributed by atoms with Crippen LogP contribution in [0.3, 0.4) is 0 Å². The Labute approximate surface area is 313 Å². The highest BCUT2D eigenvalue weighted by molar-refractivity contribution is 6.18. The molecule has 1 aliphatic heterocycles. The highest BCUT2D eigenvalue weighted by Crippen LogP contribution is 2.51. The smallest absolute Gasteiger partial charge is 0.234 e. The summed E-state index contributed by atoms with van der Waals surface area (Å²) in [5.74, 6) is 1.51. The number of hydrogen-bond acceptors (Lipinski definition) is 4. The van der Waals surface area contributed by atoms with Crippen LogP contribution in [0.25, 0.3) is 66.0 Å². The number of furan rings is 1. The molecular formula is C49H36N4O. The van der Waals surface area contributed by atoms with Gasteiger partial charge in [0.2, 0.25) is 5.96 Å². The highest BCUT2D eigenvalue weighted by atomic mass is 16.3. The van der Waals surface area contributed by atoms with Crippen LogP contribution in [-0.4, -0.2) is 28.3 Å². The topological polar surface area (TPSA) is 46.0 Å². The Hall–Kier alpha value is -6.72. The summed E-state index contributed by atoms with van der Waals surface area (Å²) in [6, 6.07) is 56.1. The molecular weight excluding hydrogens is 661 g/mol. The summed E-state index contributed by atoms with van der Waals surface area (Å²) in [4.78, 5) is 13.2. The predicted octanol–water partition coefficient (Wildman–Crippen LogP) is 12.0. The van der Waals surface area contributed by atoms with Crippen LogP contribution in [0.1, 0.15) is 42.3 Å². The largest absolute Gasteiger partial charge is 0.456 e. The minimum absolute atomic E-state index is 0.107. The van der Waals surface area contributed by atoms with Gasteiger partial charge in [-0.15, -0.1) is 0 Å². The first-order valence-corrected chi connectivity index (χ1v) is 18.6. The second kappa shape index (κ2) is 11.4. The van der Waals surface area contributed by atoms with Gasteiger partial charge in [0.05, 0.1) is 11.0 Å². The van der Waals surface area contributed by atoms with Gasteiger partial charge in [0.1, 0.15) is 17.0 Å². The van der Waals surface area contributed by atoms with Crippen molar-refractivity contribution in [1.29, 1.82) is 0 Å². The van der Waals surface area contributed by atoms with Crippen molar-refractivity contribution in [2.45, 2.75) is 25.4 Å². The first-order chi connectivity index (χ1) is 26.5. The van der Waals surface area contributed by atoms with Gasteiger partial charge in [-0.2, -0.15) is 4.99 Å².